The number of fused-ring (bicyclic) bond motifs is 2. The molecule has 30 heavy (non-hydrogen) atoms. The maximum absolute atomic E-state index is 12.7. The maximum Gasteiger partial charge on any atom is 0.471 e. The first-order valence-electron chi connectivity index (χ1n) is 10.4. The number of hydrogen-bond acceptors (Lipinski definition) is 5. The number of alkyl halides is 3. The van der Waals surface area contributed by atoms with Crippen molar-refractivity contribution in [2.75, 3.05) is 19.6 Å². The summed E-state index contributed by atoms with van der Waals surface area (Å²) < 4.78 is 42.1. The summed E-state index contributed by atoms with van der Waals surface area (Å²) in [4.78, 5) is 18.6. The Morgan fingerprint density at radius 3 is 2.40 bits per heavy atom. The Balaban J connectivity index is 1.22. The van der Waals surface area contributed by atoms with Gasteiger partial charge in [-0.05, 0) is 56.1 Å². The number of nitrogens with zero attached hydrogens (tertiary/aromatic N) is 3. The number of hydrogen-bond donors (Lipinski definition) is 1. The minimum Gasteiger partial charge on any atom is -0.345 e. The molecule has 1 N–H and O–H groups in total. The first-order chi connectivity index (χ1) is 14.3. The Bertz CT molecular complexity index is 924. The van der Waals surface area contributed by atoms with Gasteiger partial charge in [-0.1, -0.05) is 17.3 Å². The van der Waals surface area contributed by atoms with Crippen LogP contribution in [0.1, 0.15) is 48.4 Å². The normalized spacial score (nSPS) is 25.3. The molecule has 6 nitrogen and oxygen atoms in total. The third kappa shape index (κ3) is 3.95. The lowest BCUT2D eigenvalue weighted by molar-refractivity contribution is -0.159. The molecule has 3 fully saturated rings. The zero-order valence-corrected chi connectivity index (χ0v) is 16.4. The molecule has 2 unspecified atom stereocenters. The number of nitrogens with one attached hydrogen (secondary N) is 1. The van der Waals surface area contributed by atoms with E-state index in [1.54, 1.807) is 12.1 Å². The predicted molar refractivity (Wildman–Crippen MR) is 101 cm³/mol. The first-order valence-corrected chi connectivity index (χ1v) is 10.4. The second kappa shape index (κ2) is 7.08. The van der Waals surface area contributed by atoms with Crippen LogP contribution in [0.4, 0.5) is 13.2 Å². The minimum absolute atomic E-state index is 0.151. The molecule has 160 valence electrons. The van der Waals surface area contributed by atoms with Gasteiger partial charge in [0.05, 0.1) is 5.54 Å². The number of piperidine rings is 1. The number of amides is 1. The van der Waals surface area contributed by atoms with E-state index in [2.05, 4.69) is 24.9 Å². The Morgan fingerprint density at radius 1 is 1.17 bits per heavy atom. The van der Waals surface area contributed by atoms with Crippen molar-refractivity contribution in [1.29, 1.82) is 0 Å². The van der Waals surface area contributed by atoms with E-state index in [0.717, 1.165) is 44.3 Å². The summed E-state index contributed by atoms with van der Waals surface area (Å²) in [6.45, 7) is 3.16. The van der Waals surface area contributed by atoms with Crippen molar-refractivity contribution in [3.8, 4) is 11.4 Å². The molecule has 2 aromatic rings. The van der Waals surface area contributed by atoms with E-state index in [-0.39, 0.29) is 17.3 Å². The summed E-state index contributed by atoms with van der Waals surface area (Å²) in [5.74, 6) is -0.0893. The average Bonchev–Trinajstić information content (AvgIpc) is 3.12. The standard InChI is InChI=1S/C21H23F3N4O2/c22-21(23,24)19-25-17(27-30-19)15-3-5-16(6-4-15)18(29)26-20(7-8-20)12-28-10-13-1-2-14(9-13)11-28/h3-6,13-14H,1-2,7-12H2,(H,26,29). The maximum atomic E-state index is 12.7. The molecule has 2 heterocycles. The number of aromatic nitrogens is 2. The highest BCUT2D eigenvalue weighted by Gasteiger charge is 2.47. The van der Waals surface area contributed by atoms with Crippen molar-refractivity contribution in [3.63, 3.8) is 0 Å². The zero-order chi connectivity index (χ0) is 20.9. The first kappa shape index (κ1) is 19.5. The smallest absolute Gasteiger partial charge is 0.345 e. The number of rotatable bonds is 5. The van der Waals surface area contributed by atoms with E-state index in [4.69, 9.17) is 0 Å². The minimum atomic E-state index is -4.68. The van der Waals surface area contributed by atoms with Crippen LogP contribution in [0, 0.1) is 11.8 Å². The second-order valence-corrected chi connectivity index (χ2v) is 8.97. The molecule has 0 spiro atoms. The van der Waals surface area contributed by atoms with Crippen LogP contribution in [0.5, 0.6) is 0 Å². The Kier molecular flexibility index (Phi) is 4.61. The third-order valence-electron chi connectivity index (χ3n) is 6.51. The molecule has 2 saturated carbocycles. The summed E-state index contributed by atoms with van der Waals surface area (Å²) in [6.07, 6.45) is 1.29. The number of carbonyl (C=O) groups excluding carboxylic acids is 1. The fraction of sp³-hybridized carbons (Fsp3) is 0.571. The molecule has 1 aliphatic heterocycles. The second-order valence-electron chi connectivity index (χ2n) is 8.97. The predicted octanol–water partition coefficient (Wildman–Crippen LogP) is 3.75. The van der Waals surface area contributed by atoms with Gasteiger partial charge >= 0.3 is 12.1 Å². The molecule has 1 aromatic heterocycles. The molecule has 1 saturated heterocycles. The highest BCUT2D eigenvalue weighted by Crippen LogP contribution is 2.41. The van der Waals surface area contributed by atoms with Gasteiger partial charge in [-0.2, -0.15) is 18.2 Å². The number of halogens is 3. The lowest BCUT2D eigenvalue weighted by atomic mass is 9.98. The molecule has 3 aliphatic rings. The van der Waals surface area contributed by atoms with Crippen molar-refractivity contribution in [1.82, 2.24) is 20.4 Å². The summed E-state index contributed by atoms with van der Waals surface area (Å²) in [5, 5.41) is 6.55. The summed E-state index contributed by atoms with van der Waals surface area (Å²) in [5.41, 5.74) is 0.668. The van der Waals surface area contributed by atoms with E-state index in [1.165, 1.54) is 31.4 Å². The van der Waals surface area contributed by atoms with Gasteiger partial charge < -0.3 is 14.7 Å². The van der Waals surface area contributed by atoms with Crippen LogP contribution in [0.3, 0.4) is 0 Å². The molecule has 1 amide bonds. The zero-order valence-electron chi connectivity index (χ0n) is 16.4. The fourth-order valence-electron chi connectivity index (χ4n) is 4.89. The number of benzene rings is 1. The van der Waals surface area contributed by atoms with E-state index < -0.39 is 12.1 Å². The monoisotopic (exact) mass is 420 g/mol. The van der Waals surface area contributed by atoms with E-state index in [9.17, 15) is 18.0 Å². The van der Waals surface area contributed by atoms with E-state index in [0.29, 0.717) is 11.1 Å². The molecule has 2 atom stereocenters. The SMILES string of the molecule is O=C(NC1(CN2CC3CCC(C3)C2)CC1)c1ccc(-c2noc(C(F)(F)F)n2)cc1. The van der Waals surface area contributed by atoms with Crippen LogP contribution in [0.15, 0.2) is 28.8 Å². The molecule has 0 radical (unpaired) electrons. The van der Waals surface area contributed by atoms with Gasteiger partial charge in [0, 0.05) is 30.8 Å². The van der Waals surface area contributed by atoms with E-state index >= 15 is 0 Å². The molecular formula is C21H23F3N4O2. The number of likely N-dealkylation sites (tertiary alicyclic amines) is 1. The Labute approximate surface area is 171 Å². The van der Waals surface area contributed by atoms with Crippen molar-refractivity contribution < 1.29 is 22.5 Å². The molecule has 2 aliphatic carbocycles. The van der Waals surface area contributed by atoms with E-state index in [1.807, 2.05) is 0 Å². The van der Waals surface area contributed by atoms with Crippen molar-refractivity contribution in [2.24, 2.45) is 11.8 Å². The number of carbonyl (C=O) groups is 1. The highest BCUT2D eigenvalue weighted by atomic mass is 19.4. The van der Waals surface area contributed by atoms with Crippen molar-refractivity contribution >= 4 is 5.91 Å². The van der Waals surface area contributed by atoms with Crippen LogP contribution in [-0.4, -0.2) is 46.1 Å². The van der Waals surface area contributed by atoms with Crippen LogP contribution < -0.4 is 5.32 Å². The Morgan fingerprint density at radius 2 is 1.83 bits per heavy atom. The van der Waals surface area contributed by atoms with Crippen LogP contribution in [0.25, 0.3) is 11.4 Å². The van der Waals surface area contributed by atoms with Gasteiger partial charge in [-0.3, -0.25) is 4.79 Å². The molecule has 1 aromatic carbocycles. The third-order valence-corrected chi connectivity index (χ3v) is 6.51. The van der Waals surface area contributed by atoms with Gasteiger partial charge in [-0.15, -0.1) is 0 Å². The Hall–Kier alpha value is -2.42. The largest absolute Gasteiger partial charge is 0.471 e. The summed E-state index contributed by atoms with van der Waals surface area (Å²) >= 11 is 0. The fourth-order valence-corrected chi connectivity index (χ4v) is 4.89. The highest BCUT2D eigenvalue weighted by molar-refractivity contribution is 5.95. The lowest BCUT2D eigenvalue weighted by Crippen LogP contribution is -2.49. The van der Waals surface area contributed by atoms with Crippen molar-refractivity contribution in [3.05, 3.63) is 35.7 Å². The van der Waals surface area contributed by atoms with Gasteiger partial charge in [0.25, 0.3) is 5.91 Å². The quantitative estimate of drug-likeness (QED) is 0.798. The average molecular weight is 420 g/mol. The lowest BCUT2D eigenvalue weighted by Gasteiger charge is -2.34. The molecular weight excluding hydrogens is 397 g/mol. The van der Waals surface area contributed by atoms with Gasteiger partial charge in [0.2, 0.25) is 5.82 Å². The van der Waals surface area contributed by atoms with Crippen LogP contribution in [0.2, 0.25) is 0 Å². The molecule has 2 bridgehead atoms. The summed E-state index contributed by atoms with van der Waals surface area (Å²) in [6, 6.07) is 6.21. The van der Waals surface area contributed by atoms with Gasteiger partial charge in [-0.25, -0.2) is 0 Å². The van der Waals surface area contributed by atoms with Gasteiger partial charge in [0.15, 0.2) is 0 Å². The van der Waals surface area contributed by atoms with Gasteiger partial charge in [0.1, 0.15) is 0 Å². The van der Waals surface area contributed by atoms with Crippen molar-refractivity contribution in [2.45, 2.75) is 43.8 Å². The molecule has 9 heteroatoms. The molecule has 5 rings (SSSR count). The van der Waals surface area contributed by atoms with Crippen LogP contribution >= 0.6 is 0 Å². The topological polar surface area (TPSA) is 71.3 Å². The summed E-state index contributed by atoms with van der Waals surface area (Å²) in [7, 11) is 0. The van der Waals surface area contributed by atoms with Crippen LogP contribution in [-0.2, 0) is 6.18 Å².